The van der Waals surface area contributed by atoms with E-state index in [1.807, 2.05) is 0 Å². The average molecular weight is 460 g/mol. The maximum atomic E-state index is 12.9. The molecule has 0 saturated carbocycles. The van der Waals surface area contributed by atoms with Gasteiger partial charge in [-0.15, -0.1) is 24.0 Å². The number of nitrogens with zero attached hydrogens (tertiary/aromatic N) is 2. The Kier molecular flexibility index (Phi) is 8.88. The number of nitrogens with one attached hydrogen (secondary N) is 2. The van der Waals surface area contributed by atoms with Crippen LogP contribution in [0.3, 0.4) is 0 Å². The van der Waals surface area contributed by atoms with Crippen LogP contribution in [-0.2, 0) is 6.42 Å². The van der Waals surface area contributed by atoms with E-state index in [1.165, 1.54) is 12.1 Å². The molecule has 2 aromatic rings. The zero-order valence-corrected chi connectivity index (χ0v) is 17.4. The molecule has 1 atom stereocenters. The van der Waals surface area contributed by atoms with Gasteiger partial charge in [0.1, 0.15) is 12.1 Å². The standard InChI is InChI=1S/C18H25FN4O.HI/c1-12(2)13(3)22-18(20-4)21-10-9-16-11-24-17(23-16)14-5-7-15(19)8-6-14;/h5-8,11-13H,9-10H2,1-4H3,(H2,20,21,22);1H. The van der Waals surface area contributed by atoms with Crippen LogP contribution in [0.4, 0.5) is 4.39 Å². The van der Waals surface area contributed by atoms with Gasteiger partial charge in [-0.05, 0) is 37.1 Å². The number of aliphatic imine (C=N–C) groups is 1. The predicted molar refractivity (Wildman–Crippen MR) is 110 cm³/mol. The molecule has 138 valence electrons. The van der Waals surface area contributed by atoms with E-state index in [0.29, 0.717) is 30.8 Å². The summed E-state index contributed by atoms with van der Waals surface area (Å²) >= 11 is 0. The second-order valence-electron chi connectivity index (χ2n) is 6.08. The van der Waals surface area contributed by atoms with Gasteiger partial charge in [-0.25, -0.2) is 9.37 Å². The summed E-state index contributed by atoms with van der Waals surface area (Å²) in [6.45, 7) is 7.15. The van der Waals surface area contributed by atoms with Crippen LogP contribution < -0.4 is 10.6 Å². The van der Waals surface area contributed by atoms with Gasteiger partial charge in [0.25, 0.3) is 0 Å². The van der Waals surface area contributed by atoms with Crippen LogP contribution in [0.25, 0.3) is 11.5 Å². The fourth-order valence-electron chi connectivity index (χ4n) is 2.03. The van der Waals surface area contributed by atoms with Crippen LogP contribution in [-0.4, -0.2) is 30.6 Å². The summed E-state index contributed by atoms with van der Waals surface area (Å²) in [6.07, 6.45) is 2.34. The number of guanidine groups is 1. The van der Waals surface area contributed by atoms with Crippen molar-refractivity contribution >= 4 is 29.9 Å². The number of rotatable bonds is 6. The molecule has 0 radical (unpaired) electrons. The molecular formula is C18H26FIN4O. The van der Waals surface area contributed by atoms with E-state index in [4.69, 9.17) is 4.42 Å². The molecule has 0 bridgehead atoms. The Labute approximate surface area is 165 Å². The predicted octanol–water partition coefficient (Wildman–Crippen LogP) is 3.85. The second kappa shape index (κ2) is 10.4. The van der Waals surface area contributed by atoms with E-state index in [9.17, 15) is 4.39 Å². The molecule has 2 N–H and O–H groups in total. The van der Waals surface area contributed by atoms with Crippen molar-refractivity contribution in [2.75, 3.05) is 13.6 Å². The molecule has 0 amide bonds. The normalized spacial score (nSPS) is 12.6. The summed E-state index contributed by atoms with van der Waals surface area (Å²) in [5.74, 6) is 1.53. The molecular weight excluding hydrogens is 434 g/mol. The lowest BCUT2D eigenvalue weighted by molar-refractivity contribution is 0.481. The molecule has 0 aliphatic carbocycles. The van der Waals surface area contributed by atoms with E-state index < -0.39 is 0 Å². The van der Waals surface area contributed by atoms with Crippen LogP contribution in [0.15, 0.2) is 39.9 Å². The molecule has 0 aliphatic heterocycles. The summed E-state index contributed by atoms with van der Waals surface area (Å²) in [5.41, 5.74) is 1.60. The SMILES string of the molecule is CN=C(NCCc1coc(-c2ccc(F)cc2)n1)NC(C)C(C)C.I. The lowest BCUT2D eigenvalue weighted by Crippen LogP contribution is -2.44. The molecule has 1 unspecified atom stereocenters. The first kappa shape index (κ1) is 21.4. The van der Waals surface area contributed by atoms with Gasteiger partial charge < -0.3 is 15.1 Å². The van der Waals surface area contributed by atoms with Crippen LogP contribution in [0.2, 0.25) is 0 Å². The van der Waals surface area contributed by atoms with E-state index in [0.717, 1.165) is 17.2 Å². The Balaban J connectivity index is 0.00000312. The van der Waals surface area contributed by atoms with Gasteiger partial charge in [-0.2, -0.15) is 0 Å². The van der Waals surface area contributed by atoms with Crippen molar-refractivity contribution in [3.63, 3.8) is 0 Å². The highest BCUT2D eigenvalue weighted by Gasteiger charge is 2.10. The van der Waals surface area contributed by atoms with Gasteiger partial charge in [0.2, 0.25) is 5.89 Å². The van der Waals surface area contributed by atoms with Gasteiger partial charge in [-0.3, -0.25) is 4.99 Å². The number of hydrogen-bond donors (Lipinski definition) is 2. The van der Waals surface area contributed by atoms with Crippen molar-refractivity contribution in [1.29, 1.82) is 0 Å². The van der Waals surface area contributed by atoms with E-state index in [1.54, 1.807) is 25.4 Å². The van der Waals surface area contributed by atoms with Crippen molar-refractivity contribution in [2.45, 2.75) is 33.2 Å². The number of aromatic nitrogens is 1. The molecule has 1 heterocycles. The first-order valence-electron chi connectivity index (χ1n) is 8.17. The van der Waals surface area contributed by atoms with Gasteiger partial charge >= 0.3 is 0 Å². The summed E-state index contributed by atoms with van der Waals surface area (Å²) in [4.78, 5) is 8.65. The van der Waals surface area contributed by atoms with Gasteiger partial charge in [0, 0.05) is 31.6 Å². The zero-order chi connectivity index (χ0) is 17.5. The molecule has 7 heteroatoms. The van der Waals surface area contributed by atoms with Crippen molar-refractivity contribution in [3.8, 4) is 11.5 Å². The van der Waals surface area contributed by atoms with Gasteiger partial charge in [0.15, 0.2) is 5.96 Å². The van der Waals surface area contributed by atoms with E-state index in [-0.39, 0.29) is 29.8 Å². The molecule has 5 nitrogen and oxygen atoms in total. The molecule has 1 aromatic heterocycles. The summed E-state index contributed by atoms with van der Waals surface area (Å²) in [6, 6.07) is 6.44. The second-order valence-corrected chi connectivity index (χ2v) is 6.08. The van der Waals surface area contributed by atoms with Gasteiger partial charge in [-0.1, -0.05) is 13.8 Å². The summed E-state index contributed by atoms with van der Waals surface area (Å²) < 4.78 is 18.4. The summed E-state index contributed by atoms with van der Waals surface area (Å²) in [7, 11) is 1.76. The lowest BCUT2D eigenvalue weighted by atomic mass is 10.1. The van der Waals surface area contributed by atoms with E-state index in [2.05, 4.69) is 41.4 Å². The maximum Gasteiger partial charge on any atom is 0.226 e. The molecule has 0 spiro atoms. The minimum atomic E-state index is -0.274. The molecule has 0 aliphatic rings. The Morgan fingerprint density at radius 3 is 2.52 bits per heavy atom. The number of oxazole rings is 1. The topological polar surface area (TPSA) is 62.5 Å². The van der Waals surface area contributed by atoms with Crippen molar-refractivity contribution in [2.24, 2.45) is 10.9 Å². The molecule has 2 rings (SSSR count). The zero-order valence-electron chi connectivity index (χ0n) is 15.0. The largest absolute Gasteiger partial charge is 0.444 e. The van der Waals surface area contributed by atoms with E-state index >= 15 is 0 Å². The quantitative estimate of drug-likeness (QED) is 0.391. The smallest absolute Gasteiger partial charge is 0.226 e. The Hall–Kier alpha value is -1.64. The Morgan fingerprint density at radius 2 is 1.92 bits per heavy atom. The van der Waals surface area contributed by atoms with Crippen molar-refractivity contribution in [1.82, 2.24) is 15.6 Å². The first-order chi connectivity index (χ1) is 11.5. The number of benzene rings is 1. The molecule has 1 aromatic carbocycles. The first-order valence-corrected chi connectivity index (χ1v) is 8.17. The van der Waals surface area contributed by atoms with Crippen LogP contribution >= 0.6 is 24.0 Å². The minimum absolute atomic E-state index is 0. The maximum absolute atomic E-state index is 12.9. The van der Waals surface area contributed by atoms with Crippen LogP contribution in [0, 0.1) is 11.7 Å². The average Bonchev–Trinajstić information content (AvgIpc) is 3.03. The van der Waals surface area contributed by atoms with Crippen molar-refractivity contribution in [3.05, 3.63) is 42.0 Å². The van der Waals surface area contributed by atoms with Crippen LogP contribution in [0.5, 0.6) is 0 Å². The Bertz CT molecular complexity index is 670. The molecule has 25 heavy (non-hydrogen) atoms. The van der Waals surface area contributed by atoms with Gasteiger partial charge in [0.05, 0.1) is 5.69 Å². The highest BCUT2D eigenvalue weighted by atomic mass is 127. The lowest BCUT2D eigenvalue weighted by Gasteiger charge is -2.20. The fourth-order valence-corrected chi connectivity index (χ4v) is 2.03. The monoisotopic (exact) mass is 460 g/mol. The number of hydrogen-bond acceptors (Lipinski definition) is 3. The van der Waals surface area contributed by atoms with Crippen molar-refractivity contribution < 1.29 is 8.81 Å². The third kappa shape index (κ3) is 6.64. The number of halogens is 2. The van der Waals surface area contributed by atoms with Crippen LogP contribution in [0.1, 0.15) is 26.5 Å². The molecule has 0 fully saturated rings. The Morgan fingerprint density at radius 1 is 1.24 bits per heavy atom. The highest BCUT2D eigenvalue weighted by Crippen LogP contribution is 2.18. The fraction of sp³-hybridized carbons (Fsp3) is 0.444. The molecule has 0 saturated heterocycles. The highest BCUT2D eigenvalue weighted by molar-refractivity contribution is 14.0. The minimum Gasteiger partial charge on any atom is -0.444 e. The third-order valence-corrected chi connectivity index (χ3v) is 3.90. The summed E-state index contributed by atoms with van der Waals surface area (Å²) in [5, 5.41) is 6.62. The third-order valence-electron chi connectivity index (χ3n) is 3.90.